The third kappa shape index (κ3) is 1.88. The molecular weight excluding hydrogens is 114 g/mol. The monoisotopic (exact) mass is 125 g/mol. The van der Waals surface area contributed by atoms with E-state index >= 15 is 0 Å². The first-order chi connectivity index (χ1) is 4.43. The van der Waals surface area contributed by atoms with Gasteiger partial charge in [0.1, 0.15) is 0 Å². The van der Waals surface area contributed by atoms with Crippen molar-refractivity contribution in [3.8, 4) is 0 Å². The summed E-state index contributed by atoms with van der Waals surface area (Å²) in [6.45, 7) is 3.64. The van der Waals surface area contributed by atoms with E-state index < -0.39 is 0 Å². The maximum atomic E-state index is 5.25. The lowest BCUT2D eigenvalue weighted by Crippen LogP contribution is -1.98. The van der Waals surface area contributed by atoms with Gasteiger partial charge < -0.3 is 4.74 Å². The van der Waals surface area contributed by atoms with Gasteiger partial charge in [-0.3, -0.25) is 4.99 Å². The van der Waals surface area contributed by atoms with E-state index in [-0.39, 0.29) is 0 Å². The van der Waals surface area contributed by atoms with Gasteiger partial charge in [-0.2, -0.15) is 0 Å². The molecular formula is C7H11NO. The fourth-order valence-electron chi connectivity index (χ4n) is 0.774. The Morgan fingerprint density at radius 1 is 1.78 bits per heavy atom. The van der Waals surface area contributed by atoms with Crippen molar-refractivity contribution in [3.63, 3.8) is 0 Å². The second-order valence-corrected chi connectivity index (χ2v) is 1.87. The molecule has 0 N–H and O–H groups in total. The van der Waals surface area contributed by atoms with Gasteiger partial charge in [0.05, 0.1) is 12.4 Å². The molecule has 0 fully saturated rings. The predicted molar refractivity (Wildman–Crippen MR) is 37.7 cm³/mol. The van der Waals surface area contributed by atoms with Gasteiger partial charge in [0.15, 0.2) is 0 Å². The van der Waals surface area contributed by atoms with E-state index in [4.69, 9.17) is 4.74 Å². The molecule has 0 spiro atoms. The molecule has 2 nitrogen and oxygen atoms in total. The van der Waals surface area contributed by atoms with Crippen molar-refractivity contribution in [2.75, 3.05) is 13.2 Å². The highest BCUT2D eigenvalue weighted by Gasteiger charge is 1.97. The Morgan fingerprint density at radius 2 is 2.67 bits per heavy atom. The molecule has 0 saturated carbocycles. The van der Waals surface area contributed by atoms with Crippen LogP contribution in [0.1, 0.15) is 13.3 Å². The molecule has 1 heterocycles. The smallest absolute Gasteiger partial charge is 0.0993 e. The SMILES string of the molecule is CCOC1=CC=NCC1. The molecule has 0 radical (unpaired) electrons. The van der Waals surface area contributed by atoms with E-state index in [0.717, 1.165) is 25.3 Å². The van der Waals surface area contributed by atoms with Crippen LogP contribution in [-0.2, 0) is 4.74 Å². The molecule has 0 unspecified atom stereocenters. The van der Waals surface area contributed by atoms with Gasteiger partial charge in [-0.25, -0.2) is 0 Å². The Labute approximate surface area is 55.2 Å². The quantitative estimate of drug-likeness (QED) is 0.546. The number of nitrogens with zero attached hydrogens (tertiary/aromatic N) is 1. The summed E-state index contributed by atoms with van der Waals surface area (Å²) in [5.74, 6) is 1.06. The van der Waals surface area contributed by atoms with Crippen molar-refractivity contribution in [2.24, 2.45) is 4.99 Å². The van der Waals surface area contributed by atoms with Crippen LogP contribution in [0.4, 0.5) is 0 Å². The summed E-state index contributed by atoms with van der Waals surface area (Å²) in [6.07, 6.45) is 4.69. The summed E-state index contributed by atoms with van der Waals surface area (Å²) in [5, 5.41) is 0. The van der Waals surface area contributed by atoms with E-state index in [1.807, 2.05) is 13.0 Å². The molecule has 1 aliphatic heterocycles. The van der Waals surface area contributed by atoms with Gasteiger partial charge in [-0.15, -0.1) is 0 Å². The summed E-state index contributed by atoms with van der Waals surface area (Å²) in [7, 11) is 0. The number of ether oxygens (including phenoxy) is 1. The molecule has 0 aromatic heterocycles. The second-order valence-electron chi connectivity index (χ2n) is 1.87. The molecule has 0 aromatic rings. The summed E-state index contributed by atoms with van der Waals surface area (Å²) in [4.78, 5) is 4.03. The molecule has 0 aromatic carbocycles. The lowest BCUT2D eigenvalue weighted by atomic mass is 10.3. The van der Waals surface area contributed by atoms with Gasteiger partial charge in [-0.1, -0.05) is 0 Å². The fraction of sp³-hybridized carbons (Fsp3) is 0.571. The van der Waals surface area contributed by atoms with Crippen LogP contribution >= 0.6 is 0 Å². The van der Waals surface area contributed by atoms with Crippen LogP contribution < -0.4 is 0 Å². The summed E-state index contributed by atoms with van der Waals surface area (Å²) < 4.78 is 5.25. The number of rotatable bonds is 2. The van der Waals surface area contributed by atoms with E-state index in [1.165, 1.54) is 0 Å². The largest absolute Gasteiger partial charge is 0.498 e. The minimum Gasteiger partial charge on any atom is -0.498 e. The zero-order valence-corrected chi connectivity index (χ0v) is 5.63. The number of allylic oxidation sites excluding steroid dienone is 1. The maximum absolute atomic E-state index is 5.25. The third-order valence-electron chi connectivity index (χ3n) is 1.18. The van der Waals surface area contributed by atoms with Crippen molar-refractivity contribution in [1.82, 2.24) is 0 Å². The zero-order chi connectivity index (χ0) is 6.53. The van der Waals surface area contributed by atoms with Gasteiger partial charge in [0.2, 0.25) is 0 Å². The van der Waals surface area contributed by atoms with E-state index in [9.17, 15) is 0 Å². The highest BCUT2D eigenvalue weighted by molar-refractivity contribution is 5.72. The molecule has 0 atom stereocenters. The van der Waals surface area contributed by atoms with E-state index in [1.54, 1.807) is 6.21 Å². The highest BCUT2D eigenvalue weighted by atomic mass is 16.5. The fourth-order valence-corrected chi connectivity index (χ4v) is 0.774. The first kappa shape index (κ1) is 6.33. The first-order valence-corrected chi connectivity index (χ1v) is 3.25. The molecule has 1 rings (SSSR count). The normalized spacial score (nSPS) is 17.2. The lowest BCUT2D eigenvalue weighted by molar-refractivity contribution is 0.219. The second kappa shape index (κ2) is 3.28. The van der Waals surface area contributed by atoms with Crippen molar-refractivity contribution in [2.45, 2.75) is 13.3 Å². The average Bonchev–Trinajstić information content (AvgIpc) is 1.91. The van der Waals surface area contributed by atoms with Crippen molar-refractivity contribution < 1.29 is 4.74 Å². The summed E-state index contributed by atoms with van der Waals surface area (Å²) >= 11 is 0. The predicted octanol–water partition coefficient (Wildman–Crippen LogP) is 1.38. The number of hydrogen-bond donors (Lipinski definition) is 0. The van der Waals surface area contributed by atoms with Crippen LogP contribution in [0.25, 0.3) is 0 Å². The number of hydrogen-bond acceptors (Lipinski definition) is 2. The Bertz CT molecular complexity index is 138. The topological polar surface area (TPSA) is 21.6 Å². The average molecular weight is 125 g/mol. The van der Waals surface area contributed by atoms with Crippen LogP contribution in [0.5, 0.6) is 0 Å². The molecule has 0 aliphatic carbocycles. The molecule has 0 bridgehead atoms. The van der Waals surface area contributed by atoms with Crippen LogP contribution in [0.2, 0.25) is 0 Å². The third-order valence-corrected chi connectivity index (χ3v) is 1.18. The summed E-state index contributed by atoms with van der Waals surface area (Å²) in [5.41, 5.74) is 0. The van der Waals surface area contributed by atoms with Crippen molar-refractivity contribution in [1.29, 1.82) is 0 Å². The maximum Gasteiger partial charge on any atom is 0.0993 e. The van der Waals surface area contributed by atoms with Crippen LogP contribution in [-0.4, -0.2) is 19.4 Å². The Balaban J connectivity index is 2.38. The van der Waals surface area contributed by atoms with Crippen LogP contribution in [0, 0.1) is 0 Å². The van der Waals surface area contributed by atoms with Crippen molar-refractivity contribution >= 4 is 6.21 Å². The van der Waals surface area contributed by atoms with Gasteiger partial charge in [-0.05, 0) is 13.0 Å². The minimum atomic E-state index is 0.764. The minimum absolute atomic E-state index is 0.764. The highest BCUT2D eigenvalue weighted by Crippen LogP contribution is 2.05. The molecule has 2 heteroatoms. The van der Waals surface area contributed by atoms with Gasteiger partial charge >= 0.3 is 0 Å². The van der Waals surface area contributed by atoms with Gasteiger partial charge in [0.25, 0.3) is 0 Å². The van der Waals surface area contributed by atoms with E-state index in [2.05, 4.69) is 4.99 Å². The Morgan fingerprint density at radius 3 is 3.22 bits per heavy atom. The van der Waals surface area contributed by atoms with Crippen LogP contribution in [0.3, 0.4) is 0 Å². The first-order valence-electron chi connectivity index (χ1n) is 3.25. The number of dihydropyridines is 1. The Kier molecular flexibility index (Phi) is 2.31. The van der Waals surface area contributed by atoms with Crippen molar-refractivity contribution in [3.05, 3.63) is 11.8 Å². The standard InChI is InChI=1S/C7H11NO/c1-2-9-7-3-5-8-6-4-7/h3,5H,2,4,6H2,1H3. The lowest BCUT2D eigenvalue weighted by Gasteiger charge is -2.07. The van der Waals surface area contributed by atoms with Crippen LogP contribution in [0.15, 0.2) is 16.8 Å². The number of aliphatic imine (C=N–C) groups is 1. The molecule has 1 aliphatic rings. The zero-order valence-electron chi connectivity index (χ0n) is 5.63. The summed E-state index contributed by atoms with van der Waals surface area (Å²) in [6, 6.07) is 0. The van der Waals surface area contributed by atoms with E-state index in [0.29, 0.717) is 0 Å². The van der Waals surface area contributed by atoms with Gasteiger partial charge in [0, 0.05) is 19.2 Å². The molecule has 0 amide bonds. The molecule has 9 heavy (non-hydrogen) atoms. The Hall–Kier alpha value is -0.790. The molecule has 0 saturated heterocycles. The molecule has 50 valence electrons.